The van der Waals surface area contributed by atoms with Crippen molar-refractivity contribution < 1.29 is 24.4 Å². The summed E-state index contributed by atoms with van der Waals surface area (Å²) in [6.07, 6.45) is 4.89. The Hall–Kier alpha value is -3.85. The van der Waals surface area contributed by atoms with Crippen LogP contribution in [0.25, 0.3) is 6.08 Å². The summed E-state index contributed by atoms with van der Waals surface area (Å²) in [5.74, 6) is -4.03. The Morgan fingerprint density at radius 3 is 2.43 bits per heavy atom. The molecule has 4 unspecified atom stereocenters. The number of carboxylic acids is 1. The van der Waals surface area contributed by atoms with Crippen LogP contribution in [0.1, 0.15) is 30.9 Å². The average Bonchev–Trinajstić information content (AvgIpc) is 3.31. The Bertz CT molecular complexity index is 1160. The minimum Gasteiger partial charge on any atom is -0.480 e. The van der Waals surface area contributed by atoms with Gasteiger partial charge in [0.2, 0.25) is 11.8 Å². The van der Waals surface area contributed by atoms with Crippen LogP contribution >= 0.6 is 0 Å². The van der Waals surface area contributed by atoms with E-state index in [4.69, 9.17) is 0 Å². The third-order valence-corrected chi connectivity index (χ3v) is 6.83. The summed E-state index contributed by atoms with van der Waals surface area (Å²) in [6, 6.07) is 14.3. The molecule has 2 N–H and O–H groups in total. The highest BCUT2D eigenvalue weighted by Gasteiger charge is 2.67. The van der Waals surface area contributed by atoms with Crippen LogP contribution in [0, 0.1) is 22.0 Å². The Kier molecular flexibility index (Phi) is 6.79. The van der Waals surface area contributed by atoms with E-state index in [1.54, 1.807) is 6.08 Å². The van der Waals surface area contributed by atoms with Gasteiger partial charge in [0.05, 0.1) is 16.8 Å². The van der Waals surface area contributed by atoms with Gasteiger partial charge in [-0.3, -0.25) is 34.7 Å². The van der Waals surface area contributed by atoms with Crippen molar-refractivity contribution in [1.29, 1.82) is 0 Å². The number of aliphatic carboxylic acids is 1. The molecule has 0 radical (unpaired) electrons. The molecule has 4 rings (SSSR count). The van der Waals surface area contributed by atoms with Gasteiger partial charge in [0.15, 0.2) is 0 Å². The third-order valence-electron chi connectivity index (χ3n) is 6.83. The summed E-state index contributed by atoms with van der Waals surface area (Å²) in [4.78, 5) is 51.3. The van der Waals surface area contributed by atoms with Crippen molar-refractivity contribution in [2.75, 3.05) is 6.54 Å². The number of hydrogen-bond acceptors (Lipinski definition) is 6. The summed E-state index contributed by atoms with van der Waals surface area (Å²) in [5.41, 5.74) is -0.449. The predicted molar refractivity (Wildman–Crippen MR) is 128 cm³/mol. The monoisotopic (exact) mass is 477 g/mol. The molecule has 0 aliphatic carbocycles. The fourth-order valence-corrected chi connectivity index (χ4v) is 5.08. The number of fused-ring (bicyclic) bond motifs is 1. The molecular formula is C26H27N3O6. The molecular weight excluding hydrogens is 450 g/mol. The molecule has 35 heavy (non-hydrogen) atoms. The quantitative estimate of drug-likeness (QED) is 0.322. The highest BCUT2D eigenvalue weighted by Crippen LogP contribution is 2.45. The van der Waals surface area contributed by atoms with Crippen molar-refractivity contribution in [2.45, 2.75) is 37.8 Å². The first-order valence-electron chi connectivity index (χ1n) is 11.6. The van der Waals surface area contributed by atoms with Crippen LogP contribution in [0.5, 0.6) is 0 Å². The lowest BCUT2D eigenvalue weighted by Gasteiger charge is -2.31. The number of hydrogen-bond donors (Lipinski definition) is 2. The Labute approximate surface area is 202 Å². The van der Waals surface area contributed by atoms with Gasteiger partial charge in [-0.15, -0.1) is 0 Å². The number of amides is 2. The number of imide groups is 1. The molecule has 2 fully saturated rings. The second-order valence-corrected chi connectivity index (χ2v) is 9.00. The molecule has 2 amide bonds. The van der Waals surface area contributed by atoms with Crippen molar-refractivity contribution in [3.63, 3.8) is 0 Å². The summed E-state index contributed by atoms with van der Waals surface area (Å²) < 4.78 is 0. The molecule has 0 bridgehead atoms. The van der Waals surface area contributed by atoms with Crippen molar-refractivity contribution in [1.82, 2.24) is 10.2 Å². The largest absolute Gasteiger partial charge is 0.480 e. The minimum atomic E-state index is -1.74. The van der Waals surface area contributed by atoms with Gasteiger partial charge >= 0.3 is 5.97 Å². The van der Waals surface area contributed by atoms with E-state index < -0.39 is 40.2 Å². The normalized spacial score (nSPS) is 25.9. The number of nitro groups is 1. The van der Waals surface area contributed by atoms with Crippen LogP contribution in [0.3, 0.4) is 0 Å². The first-order valence-corrected chi connectivity index (χ1v) is 11.6. The van der Waals surface area contributed by atoms with Crippen LogP contribution in [0.15, 0.2) is 60.7 Å². The van der Waals surface area contributed by atoms with E-state index in [0.29, 0.717) is 12.0 Å². The topological polar surface area (TPSA) is 130 Å². The molecule has 2 aliphatic heterocycles. The number of nitrogens with one attached hydrogen (secondary N) is 1. The highest BCUT2D eigenvalue weighted by molar-refractivity contribution is 6.09. The average molecular weight is 478 g/mol. The van der Waals surface area contributed by atoms with Gasteiger partial charge in [-0.05, 0) is 17.5 Å². The lowest BCUT2D eigenvalue weighted by molar-refractivity contribution is -0.384. The molecule has 4 atom stereocenters. The molecule has 2 aliphatic rings. The molecule has 0 aromatic heterocycles. The Balaban J connectivity index is 1.73. The molecule has 0 spiro atoms. The van der Waals surface area contributed by atoms with Crippen molar-refractivity contribution in [3.05, 3.63) is 81.9 Å². The lowest BCUT2D eigenvalue weighted by Crippen LogP contribution is -2.58. The highest BCUT2D eigenvalue weighted by atomic mass is 16.6. The SMILES string of the molecule is CCCCN1C(=O)C2C(C=Cc3ccccc3)NC(Cc3ccc([N+](=O)[O-])cc3)(C(=O)O)C2C1=O. The number of rotatable bonds is 9. The summed E-state index contributed by atoms with van der Waals surface area (Å²) >= 11 is 0. The number of nitro benzene ring substituents is 1. The number of carbonyl (C=O) groups is 3. The van der Waals surface area contributed by atoms with E-state index in [2.05, 4.69) is 5.32 Å². The van der Waals surface area contributed by atoms with Gasteiger partial charge in [-0.2, -0.15) is 0 Å². The number of nitrogens with zero attached hydrogens (tertiary/aromatic N) is 2. The molecule has 9 nitrogen and oxygen atoms in total. The van der Waals surface area contributed by atoms with E-state index in [-0.39, 0.29) is 24.6 Å². The molecule has 2 saturated heterocycles. The van der Waals surface area contributed by atoms with Gasteiger partial charge < -0.3 is 5.11 Å². The Morgan fingerprint density at radius 2 is 1.83 bits per heavy atom. The number of non-ortho nitro benzene ring substituents is 1. The number of carbonyl (C=O) groups excluding carboxylic acids is 2. The Morgan fingerprint density at radius 1 is 1.14 bits per heavy atom. The molecule has 2 heterocycles. The zero-order chi connectivity index (χ0) is 25.2. The maximum atomic E-state index is 13.5. The summed E-state index contributed by atoms with van der Waals surface area (Å²) in [6.45, 7) is 2.21. The first kappa shape index (κ1) is 24.3. The van der Waals surface area contributed by atoms with Crippen molar-refractivity contribution in [2.24, 2.45) is 11.8 Å². The predicted octanol–water partition coefficient (Wildman–Crippen LogP) is 3.05. The van der Waals surface area contributed by atoms with E-state index in [0.717, 1.165) is 12.0 Å². The molecule has 2 aromatic carbocycles. The number of unbranched alkanes of at least 4 members (excludes halogenated alkanes) is 1. The van der Waals surface area contributed by atoms with Gasteiger partial charge in [-0.25, -0.2) is 0 Å². The zero-order valence-electron chi connectivity index (χ0n) is 19.3. The van der Waals surface area contributed by atoms with Gasteiger partial charge in [0, 0.05) is 31.1 Å². The van der Waals surface area contributed by atoms with E-state index in [1.165, 1.54) is 29.2 Å². The standard InChI is InChI=1S/C26H27N3O6/c1-2-3-15-28-23(30)21-20(14-11-17-7-5-4-6-8-17)27-26(25(32)33,22(21)24(28)31)16-18-9-12-19(13-10-18)29(34)35/h4-14,20-22,27H,2-3,15-16H2,1H3,(H,32,33). The van der Waals surface area contributed by atoms with E-state index in [9.17, 15) is 29.6 Å². The van der Waals surface area contributed by atoms with Crippen LogP contribution in [0.4, 0.5) is 5.69 Å². The lowest BCUT2D eigenvalue weighted by atomic mass is 9.76. The van der Waals surface area contributed by atoms with Gasteiger partial charge in [0.25, 0.3) is 5.69 Å². The van der Waals surface area contributed by atoms with Crippen LogP contribution in [0.2, 0.25) is 0 Å². The third kappa shape index (κ3) is 4.46. The second-order valence-electron chi connectivity index (χ2n) is 9.00. The molecule has 2 aromatic rings. The maximum absolute atomic E-state index is 13.5. The second kappa shape index (κ2) is 9.79. The smallest absolute Gasteiger partial charge is 0.325 e. The van der Waals surface area contributed by atoms with Crippen LogP contribution < -0.4 is 5.32 Å². The number of likely N-dealkylation sites (tertiary alicyclic amines) is 1. The number of benzene rings is 2. The van der Waals surface area contributed by atoms with E-state index in [1.807, 2.05) is 43.3 Å². The van der Waals surface area contributed by atoms with Crippen LogP contribution in [-0.4, -0.2) is 50.8 Å². The molecule has 9 heteroatoms. The zero-order valence-corrected chi connectivity index (χ0v) is 19.3. The van der Waals surface area contributed by atoms with Crippen LogP contribution in [-0.2, 0) is 20.8 Å². The van der Waals surface area contributed by atoms with E-state index >= 15 is 0 Å². The minimum absolute atomic E-state index is 0.0994. The fourth-order valence-electron chi connectivity index (χ4n) is 5.08. The molecule has 0 saturated carbocycles. The van der Waals surface area contributed by atoms with Crippen molar-refractivity contribution >= 4 is 29.5 Å². The summed E-state index contributed by atoms with van der Waals surface area (Å²) in [5, 5.41) is 24.5. The summed E-state index contributed by atoms with van der Waals surface area (Å²) in [7, 11) is 0. The number of carboxylic acid groups (broad SMARTS) is 1. The fraction of sp³-hybridized carbons (Fsp3) is 0.346. The van der Waals surface area contributed by atoms with Gasteiger partial charge in [-0.1, -0.05) is 68.0 Å². The van der Waals surface area contributed by atoms with Gasteiger partial charge in [0.1, 0.15) is 5.54 Å². The maximum Gasteiger partial charge on any atom is 0.325 e. The van der Waals surface area contributed by atoms with Crippen molar-refractivity contribution in [3.8, 4) is 0 Å². The first-order chi connectivity index (χ1) is 16.8. The molecule has 182 valence electrons.